The summed E-state index contributed by atoms with van der Waals surface area (Å²) in [7, 11) is 0. The highest BCUT2D eigenvalue weighted by atomic mass is 19.1. The van der Waals surface area contributed by atoms with E-state index in [1.807, 2.05) is 30.3 Å². The zero-order valence-electron chi connectivity index (χ0n) is 15.2. The number of rotatable bonds is 4. The molecule has 0 bridgehead atoms. The first kappa shape index (κ1) is 17.7. The smallest absolute Gasteiger partial charge is 0.231 e. The molecule has 2 aliphatic rings. The average Bonchev–Trinajstić information content (AvgIpc) is 3.30. The summed E-state index contributed by atoms with van der Waals surface area (Å²) in [5.41, 5.74) is 0.488. The summed E-state index contributed by atoms with van der Waals surface area (Å²) >= 11 is 0. The van der Waals surface area contributed by atoms with Gasteiger partial charge < -0.3 is 10.2 Å². The summed E-state index contributed by atoms with van der Waals surface area (Å²) in [5.74, 6) is -0.487. The second kappa shape index (κ2) is 7.14. The Balaban J connectivity index is 1.53. The minimum Gasteiger partial charge on any atom is -0.350 e. The van der Waals surface area contributed by atoms with Crippen LogP contribution in [0.1, 0.15) is 37.7 Å². The average molecular weight is 366 g/mol. The van der Waals surface area contributed by atoms with Crippen molar-refractivity contribution >= 4 is 17.5 Å². The van der Waals surface area contributed by atoms with Crippen molar-refractivity contribution in [2.75, 3.05) is 11.4 Å². The third kappa shape index (κ3) is 3.22. The third-order valence-corrected chi connectivity index (χ3v) is 5.81. The van der Waals surface area contributed by atoms with E-state index in [9.17, 15) is 14.0 Å². The molecule has 0 unspecified atom stereocenters. The Labute approximate surface area is 158 Å². The molecule has 1 aliphatic carbocycles. The Morgan fingerprint density at radius 3 is 2.41 bits per heavy atom. The summed E-state index contributed by atoms with van der Waals surface area (Å²) < 4.78 is 14.5. The number of hydrogen-bond acceptors (Lipinski definition) is 2. The van der Waals surface area contributed by atoms with Crippen molar-refractivity contribution in [3.05, 3.63) is 66.0 Å². The van der Waals surface area contributed by atoms with Gasteiger partial charge in [-0.05, 0) is 31.0 Å². The molecule has 140 valence electrons. The van der Waals surface area contributed by atoms with E-state index in [1.165, 1.54) is 6.07 Å². The van der Waals surface area contributed by atoms with Gasteiger partial charge in [0, 0.05) is 24.2 Å². The molecule has 1 saturated carbocycles. The number of benzene rings is 2. The lowest BCUT2D eigenvalue weighted by molar-refractivity contribution is -0.127. The normalized spacial score (nSPS) is 21.4. The number of carbonyl (C=O) groups excluding carboxylic acids is 2. The lowest BCUT2D eigenvalue weighted by atomic mass is 9.77. The summed E-state index contributed by atoms with van der Waals surface area (Å²) in [6.07, 6.45) is 3.36. The highest BCUT2D eigenvalue weighted by Gasteiger charge is 2.45. The molecule has 2 amide bonds. The first-order valence-electron chi connectivity index (χ1n) is 9.51. The number of para-hydroxylation sites is 1. The first-order chi connectivity index (χ1) is 13.1. The van der Waals surface area contributed by atoms with Gasteiger partial charge in [0.05, 0.1) is 11.5 Å². The quantitative estimate of drug-likeness (QED) is 0.899. The number of amides is 2. The van der Waals surface area contributed by atoms with E-state index >= 15 is 0 Å². The van der Waals surface area contributed by atoms with Crippen LogP contribution in [0.25, 0.3) is 0 Å². The zero-order valence-corrected chi connectivity index (χ0v) is 15.2. The minimum absolute atomic E-state index is 0.00198. The maximum atomic E-state index is 14.5. The molecule has 0 spiro atoms. The van der Waals surface area contributed by atoms with E-state index in [2.05, 4.69) is 5.32 Å². The molecule has 1 N–H and O–H groups in total. The van der Waals surface area contributed by atoms with Crippen LogP contribution >= 0.6 is 0 Å². The standard InChI is InChI=1S/C22H23FN2O2/c23-19-11-5-4-10-18(19)22(12-6-7-13-22)21(27)24-16-14-20(26)25(15-16)17-8-2-1-3-9-17/h1-5,8-11,16H,6-7,12-15H2,(H,24,27)/t16-/m1/s1. The van der Waals surface area contributed by atoms with Gasteiger partial charge in [0.25, 0.3) is 0 Å². The summed E-state index contributed by atoms with van der Waals surface area (Å²) in [6.45, 7) is 0.446. The van der Waals surface area contributed by atoms with Crippen molar-refractivity contribution in [2.24, 2.45) is 0 Å². The number of nitrogens with zero attached hydrogens (tertiary/aromatic N) is 1. The molecule has 5 heteroatoms. The van der Waals surface area contributed by atoms with Crippen LogP contribution in [-0.4, -0.2) is 24.4 Å². The van der Waals surface area contributed by atoms with Gasteiger partial charge in [0.2, 0.25) is 11.8 Å². The molecule has 4 rings (SSSR count). The van der Waals surface area contributed by atoms with Gasteiger partial charge in [0.15, 0.2) is 0 Å². The molecule has 0 aromatic heterocycles. The van der Waals surface area contributed by atoms with E-state index < -0.39 is 5.41 Å². The van der Waals surface area contributed by atoms with Gasteiger partial charge in [-0.1, -0.05) is 49.2 Å². The van der Waals surface area contributed by atoms with Crippen molar-refractivity contribution in [3.8, 4) is 0 Å². The fourth-order valence-electron chi connectivity index (χ4n) is 4.43. The molecule has 2 aromatic carbocycles. The van der Waals surface area contributed by atoms with E-state index in [-0.39, 0.29) is 30.1 Å². The molecule has 1 heterocycles. The fraction of sp³-hybridized carbons (Fsp3) is 0.364. The maximum Gasteiger partial charge on any atom is 0.231 e. The number of halogens is 1. The molecule has 1 atom stereocenters. The SMILES string of the molecule is O=C1C[C@@H](NC(=O)C2(c3ccccc3F)CCCC2)CN1c1ccccc1. The Hall–Kier alpha value is -2.69. The molecule has 2 fully saturated rings. The molecule has 4 nitrogen and oxygen atoms in total. The Morgan fingerprint density at radius 2 is 1.70 bits per heavy atom. The molecule has 1 aliphatic heterocycles. The molecule has 1 saturated heterocycles. The molecular formula is C22H23FN2O2. The van der Waals surface area contributed by atoms with Crippen LogP contribution in [0, 0.1) is 5.82 Å². The maximum absolute atomic E-state index is 14.5. The highest BCUT2D eigenvalue weighted by Crippen LogP contribution is 2.42. The van der Waals surface area contributed by atoms with Gasteiger partial charge in [0.1, 0.15) is 5.82 Å². The second-order valence-electron chi connectivity index (χ2n) is 7.48. The topological polar surface area (TPSA) is 49.4 Å². The highest BCUT2D eigenvalue weighted by molar-refractivity contribution is 5.97. The zero-order chi connectivity index (χ0) is 18.9. The lowest BCUT2D eigenvalue weighted by Gasteiger charge is -2.30. The van der Waals surface area contributed by atoms with Crippen LogP contribution in [0.15, 0.2) is 54.6 Å². The first-order valence-corrected chi connectivity index (χ1v) is 9.51. The van der Waals surface area contributed by atoms with E-state index in [1.54, 1.807) is 23.1 Å². The van der Waals surface area contributed by atoms with E-state index in [4.69, 9.17) is 0 Å². The number of nitrogens with one attached hydrogen (secondary N) is 1. The van der Waals surface area contributed by atoms with Crippen molar-refractivity contribution in [1.82, 2.24) is 5.32 Å². The molecule has 27 heavy (non-hydrogen) atoms. The van der Waals surface area contributed by atoms with Gasteiger partial charge >= 0.3 is 0 Å². The Morgan fingerprint density at radius 1 is 1.04 bits per heavy atom. The van der Waals surface area contributed by atoms with Crippen LogP contribution in [0.5, 0.6) is 0 Å². The lowest BCUT2D eigenvalue weighted by Crippen LogP contribution is -2.48. The molecular weight excluding hydrogens is 343 g/mol. The number of hydrogen-bond donors (Lipinski definition) is 1. The predicted molar refractivity (Wildman–Crippen MR) is 102 cm³/mol. The summed E-state index contributed by atoms with van der Waals surface area (Å²) in [6, 6.07) is 15.8. The van der Waals surface area contributed by atoms with Crippen LogP contribution in [0.4, 0.5) is 10.1 Å². The van der Waals surface area contributed by atoms with Crippen molar-refractivity contribution < 1.29 is 14.0 Å². The van der Waals surface area contributed by atoms with Gasteiger partial charge in [-0.3, -0.25) is 9.59 Å². The molecule has 2 aromatic rings. The Kier molecular flexibility index (Phi) is 4.68. The predicted octanol–water partition coefficient (Wildman–Crippen LogP) is 3.56. The monoisotopic (exact) mass is 366 g/mol. The van der Waals surface area contributed by atoms with Crippen LogP contribution in [0.3, 0.4) is 0 Å². The van der Waals surface area contributed by atoms with Gasteiger partial charge in [-0.25, -0.2) is 4.39 Å². The number of anilines is 1. The largest absolute Gasteiger partial charge is 0.350 e. The third-order valence-electron chi connectivity index (χ3n) is 5.81. The van der Waals surface area contributed by atoms with Crippen LogP contribution in [-0.2, 0) is 15.0 Å². The fourth-order valence-corrected chi connectivity index (χ4v) is 4.43. The van der Waals surface area contributed by atoms with Crippen molar-refractivity contribution in [2.45, 2.75) is 43.6 Å². The van der Waals surface area contributed by atoms with E-state index in [0.29, 0.717) is 24.9 Å². The Bertz CT molecular complexity index is 846. The second-order valence-corrected chi connectivity index (χ2v) is 7.48. The van der Waals surface area contributed by atoms with Crippen LogP contribution in [0.2, 0.25) is 0 Å². The minimum atomic E-state index is -0.825. The van der Waals surface area contributed by atoms with Gasteiger partial charge in [-0.2, -0.15) is 0 Å². The van der Waals surface area contributed by atoms with Gasteiger partial charge in [-0.15, -0.1) is 0 Å². The van der Waals surface area contributed by atoms with Crippen molar-refractivity contribution in [1.29, 1.82) is 0 Å². The van der Waals surface area contributed by atoms with E-state index in [0.717, 1.165) is 18.5 Å². The van der Waals surface area contributed by atoms with Crippen molar-refractivity contribution in [3.63, 3.8) is 0 Å². The molecule has 0 radical (unpaired) electrons. The van der Waals surface area contributed by atoms with Crippen LogP contribution < -0.4 is 10.2 Å². The summed E-state index contributed by atoms with van der Waals surface area (Å²) in [5, 5.41) is 3.05. The number of carbonyl (C=O) groups is 2. The summed E-state index contributed by atoms with van der Waals surface area (Å²) in [4.78, 5) is 27.3.